The molecule has 0 aliphatic rings. The fourth-order valence-corrected chi connectivity index (χ4v) is 2.42. The highest BCUT2D eigenvalue weighted by molar-refractivity contribution is 7.99. The molecule has 4 nitrogen and oxygen atoms in total. The Labute approximate surface area is 119 Å². The maximum Gasteiger partial charge on any atom is 0.224 e. The number of anilines is 2. The molecular weight excluding hydrogens is 260 g/mol. The Balaban J connectivity index is 2.36. The van der Waals surface area contributed by atoms with Crippen molar-refractivity contribution in [3.05, 3.63) is 18.2 Å². The van der Waals surface area contributed by atoms with Gasteiger partial charge in [-0.25, -0.2) is 0 Å². The van der Waals surface area contributed by atoms with E-state index in [0.29, 0.717) is 23.5 Å². The van der Waals surface area contributed by atoms with E-state index >= 15 is 0 Å². The van der Waals surface area contributed by atoms with Gasteiger partial charge in [0.15, 0.2) is 0 Å². The summed E-state index contributed by atoms with van der Waals surface area (Å²) < 4.78 is 5.06. The van der Waals surface area contributed by atoms with Crippen molar-refractivity contribution >= 4 is 29.0 Å². The first kappa shape index (κ1) is 15.7. The van der Waals surface area contributed by atoms with E-state index in [0.717, 1.165) is 17.9 Å². The van der Waals surface area contributed by atoms with E-state index in [9.17, 15) is 4.79 Å². The van der Waals surface area contributed by atoms with Crippen molar-refractivity contribution in [3.8, 4) is 5.75 Å². The number of hydrogen-bond acceptors (Lipinski definition) is 4. The largest absolute Gasteiger partial charge is 0.497 e. The molecule has 3 N–H and O–H groups in total. The highest BCUT2D eigenvalue weighted by atomic mass is 32.2. The molecule has 0 spiro atoms. The monoisotopic (exact) mass is 282 g/mol. The molecule has 106 valence electrons. The van der Waals surface area contributed by atoms with Gasteiger partial charge < -0.3 is 15.8 Å². The molecule has 0 fully saturated rings. The molecule has 19 heavy (non-hydrogen) atoms. The Hall–Kier alpha value is -1.36. The Bertz CT molecular complexity index is 410. The average molecular weight is 282 g/mol. The van der Waals surface area contributed by atoms with Gasteiger partial charge in [-0.1, -0.05) is 6.92 Å². The number of nitrogens with one attached hydrogen (secondary N) is 1. The van der Waals surface area contributed by atoms with Crippen molar-refractivity contribution in [2.24, 2.45) is 0 Å². The van der Waals surface area contributed by atoms with Crippen molar-refractivity contribution in [2.75, 3.05) is 29.7 Å². The van der Waals surface area contributed by atoms with Crippen molar-refractivity contribution in [1.82, 2.24) is 0 Å². The number of carbonyl (C=O) groups excluding carboxylic acids is 1. The fraction of sp³-hybridized carbons (Fsp3) is 0.500. The minimum absolute atomic E-state index is 0.00830. The quantitative estimate of drug-likeness (QED) is 0.568. The van der Waals surface area contributed by atoms with Gasteiger partial charge in [0.25, 0.3) is 0 Å². The number of carbonyl (C=O) groups is 1. The smallest absolute Gasteiger partial charge is 0.224 e. The second-order valence-electron chi connectivity index (χ2n) is 4.22. The van der Waals surface area contributed by atoms with Gasteiger partial charge in [-0.2, -0.15) is 11.8 Å². The summed E-state index contributed by atoms with van der Waals surface area (Å²) in [6, 6.07) is 5.24. The SMILES string of the molecule is CCCSCCCC(=O)Nc1ccc(OC)cc1N. The summed E-state index contributed by atoms with van der Waals surface area (Å²) in [5.41, 5.74) is 7.01. The molecular formula is C14H22N2O2S. The van der Waals surface area contributed by atoms with Crippen LogP contribution in [0.2, 0.25) is 0 Å². The average Bonchev–Trinajstić information content (AvgIpc) is 2.41. The number of nitrogens with two attached hydrogens (primary N) is 1. The van der Waals surface area contributed by atoms with Gasteiger partial charge in [-0.3, -0.25) is 4.79 Å². The number of benzene rings is 1. The first-order chi connectivity index (χ1) is 9.17. The molecule has 1 rings (SSSR count). The number of nitrogen functional groups attached to an aromatic ring is 1. The van der Waals surface area contributed by atoms with Crippen molar-refractivity contribution in [3.63, 3.8) is 0 Å². The van der Waals surface area contributed by atoms with Crippen molar-refractivity contribution in [1.29, 1.82) is 0 Å². The third-order valence-electron chi connectivity index (χ3n) is 2.57. The zero-order valence-electron chi connectivity index (χ0n) is 11.6. The van der Waals surface area contributed by atoms with Crippen molar-refractivity contribution < 1.29 is 9.53 Å². The van der Waals surface area contributed by atoms with Crippen LogP contribution in [0.15, 0.2) is 18.2 Å². The van der Waals surface area contributed by atoms with E-state index in [2.05, 4.69) is 12.2 Å². The van der Waals surface area contributed by atoms with Crippen LogP contribution in [0.5, 0.6) is 5.75 Å². The zero-order chi connectivity index (χ0) is 14.1. The van der Waals surface area contributed by atoms with E-state index in [4.69, 9.17) is 10.5 Å². The predicted molar refractivity (Wildman–Crippen MR) is 82.9 cm³/mol. The van der Waals surface area contributed by atoms with Crippen LogP contribution in [-0.2, 0) is 4.79 Å². The summed E-state index contributed by atoms with van der Waals surface area (Å²) in [6.45, 7) is 2.16. The van der Waals surface area contributed by atoms with Crippen LogP contribution >= 0.6 is 11.8 Å². The van der Waals surface area contributed by atoms with E-state index < -0.39 is 0 Å². The number of hydrogen-bond donors (Lipinski definition) is 2. The predicted octanol–water partition coefficient (Wildman–Crippen LogP) is 3.14. The van der Waals surface area contributed by atoms with E-state index in [1.54, 1.807) is 25.3 Å². The molecule has 0 heterocycles. The van der Waals surface area contributed by atoms with Gasteiger partial charge >= 0.3 is 0 Å². The van der Waals surface area contributed by atoms with Gasteiger partial charge in [0, 0.05) is 12.5 Å². The molecule has 0 bridgehead atoms. The molecule has 0 unspecified atom stereocenters. The molecule has 0 atom stereocenters. The minimum atomic E-state index is 0.00830. The zero-order valence-corrected chi connectivity index (χ0v) is 12.4. The first-order valence-electron chi connectivity index (χ1n) is 6.48. The fourth-order valence-electron chi connectivity index (χ4n) is 1.58. The third-order valence-corrected chi connectivity index (χ3v) is 3.85. The minimum Gasteiger partial charge on any atom is -0.497 e. The lowest BCUT2D eigenvalue weighted by Crippen LogP contribution is -2.12. The second kappa shape index (κ2) is 8.69. The highest BCUT2D eigenvalue weighted by Crippen LogP contribution is 2.24. The standard InChI is InChI=1S/C14H22N2O2S/c1-3-8-19-9-4-5-14(17)16-13-7-6-11(18-2)10-12(13)15/h6-7,10H,3-5,8-9,15H2,1-2H3,(H,16,17). The van der Waals surface area contributed by atoms with Crippen LogP contribution in [0, 0.1) is 0 Å². The molecule has 0 aliphatic heterocycles. The third kappa shape index (κ3) is 5.87. The molecule has 0 aliphatic carbocycles. The van der Waals surface area contributed by atoms with Crippen LogP contribution in [0.25, 0.3) is 0 Å². The maximum atomic E-state index is 11.7. The Kier molecular flexibility index (Phi) is 7.18. The molecule has 0 aromatic heterocycles. The van der Waals surface area contributed by atoms with E-state index in [-0.39, 0.29) is 5.91 Å². The van der Waals surface area contributed by atoms with Crippen LogP contribution < -0.4 is 15.8 Å². The highest BCUT2D eigenvalue weighted by Gasteiger charge is 2.06. The topological polar surface area (TPSA) is 64.3 Å². The number of rotatable bonds is 8. The lowest BCUT2D eigenvalue weighted by atomic mass is 10.2. The van der Waals surface area contributed by atoms with Gasteiger partial charge in [0.2, 0.25) is 5.91 Å². The van der Waals surface area contributed by atoms with Gasteiger partial charge in [0.1, 0.15) is 5.75 Å². The van der Waals surface area contributed by atoms with Crippen LogP contribution in [0.3, 0.4) is 0 Å². The van der Waals surface area contributed by atoms with E-state index in [1.807, 2.05) is 11.8 Å². The lowest BCUT2D eigenvalue weighted by Gasteiger charge is -2.09. The second-order valence-corrected chi connectivity index (χ2v) is 5.44. The van der Waals surface area contributed by atoms with Crippen molar-refractivity contribution in [2.45, 2.75) is 26.2 Å². The molecule has 1 amide bonds. The Morgan fingerprint density at radius 3 is 2.84 bits per heavy atom. The summed E-state index contributed by atoms with van der Waals surface area (Å²) in [6.07, 6.45) is 2.61. The molecule has 1 aromatic rings. The molecule has 0 saturated heterocycles. The molecule has 0 saturated carbocycles. The summed E-state index contributed by atoms with van der Waals surface area (Å²) >= 11 is 1.89. The Morgan fingerprint density at radius 2 is 2.21 bits per heavy atom. The molecule has 1 aromatic carbocycles. The van der Waals surface area contributed by atoms with Gasteiger partial charge in [-0.05, 0) is 36.5 Å². The summed E-state index contributed by atoms with van der Waals surface area (Å²) in [5, 5.41) is 2.82. The van der Waals surface area contributed by atoms with Crippen LogP contribution in [-0.4, -0.2) is 24.5 Å². The number of methoxy groups -OCH3 is 1. The van der Waals surface area contributed by atoms with Crippen LogP contribution in [0.1, 0.15) is 26.2 Å². The van der Waals surface area contributed by atoms with Gasteiger partial charge in [0.05, 0.1) is 18.5 Å². The number of amides is 1. The summed E-state index contributed by atoms with van der Waals surface area (Å²) in [4.78, 5) is 11.7. The number of thioether (sulfide) groups is 1. The lowest BCUT2D eigenvalue weighted by molar-refractivity contribution is -0.116. The number of ether oxygens (including phenoxy) is 1. The first-order valence-corrected chi connectivity index (χ1v) is 7.64. The van der Waals surface area contributed by atoms with Crippen LogP contribution in [0.4, 0.5) is 11.4 Å². The Morgan fingerprint density at radius 1 is 1.42 bits per heavy atom. The van der Waals surface area contributed by atoms with Gasteiger partial charge in [-0.15, -0.1) is 0 Å². The molecule has 5 heteroatoms. The summed E-state index contributed by atoms with van der Waals surface area (Å²) in [5.74, 6) is 2.88. The van der Waals surface area contributed by atoms with E-state index in [1.165, 1.54) is 6.42 Å². The summed E-state index contributed by atoms with van der Waals surface area (Å²) in [7, 11) is 1.58. The normalized spacial score (nSPS) is 10.2. The maximum absolute atomic E-state index is 11.7. The molecule has 0 radical (unpaired) electrons.